The molecule has 0 atom stereocenters. The fourth-order valence-electron chi connectivity index (χ4n) is 2.89. The summed E-state index contributed by atoms with van der Waals surface area (Å²) in [6.45, 7) is 7.02. The van der Waals surface area contributed by atoms with Crippen LogP contribution in [0.5, 0.6) is 0 Å². The Morgan fingerprint density at radius 1 is 1.22 bits per heavy atom. The maximum absolute atomic E-state index is 12.6. The quantitative estimate of drug-likeness (QED) is 0.474. The predicted octanol–water partition coefficient (Wildman–Crippen LogP) is 2.74. The van der Waals surface area contributed by atoms with E-state index in [2.05, 4.69) is 15.6 Å². The summed E-state index contributed by atoms with van der Waals surface area (Å²) in [6.07, 6.45) is 6.85. The first-order chi connectivity index (χ1) is 10.9. The van der Waals surface area contributed by atoms with Gasteiger partial charge in [0.15, 0.2) is 5.96 Å². The van der Waals surface area contributed by atoms with Crippen LogP contribution in [0.25, 0.3) is 0 Å². The summed E-state index contributed by atoms with van der Waals surface area (Å²) in [5.74, 6) is 0.731. The van der Waals surface area contributed by atoms with Gasteiger partial charge in [-0.1, -0.05) is 25.7 Å². The number of hydrogen-bond acceptors (Lipinski definition) is 3. The van der Waals surface area contributed by atoms with E-state index >= 15 is 0 Å². The topological polar surface area (TPSA) is 66.0 Å². The maximum Gasteiger partial charge on any atom is 0.410 e. The zero-order valence-corrected chi connectivity index (χ0v) is 15.4. The van der Waals surface area contributed by atoms with Crippen molar-refractivity contribution in [2.45, 2.75) is 70.9 Å². The summed E-state index contributed by atoms with van der Waals surface area (Å²) in [4.78, 5) is 18.6. The Bertz CT molecular complexity index is 383. The molecule has 0 aromatic rings. The van der Waals surface area contributed by atoms with Gasteiger partial charge in [0, 0.05) is 33.2 Å². The first-order valence-electron chi connectivity index (χ1n) is 8.75. The minimum absolute atomic E-state index is 0.203. The summed E-state index contributed by atoms with van der Waals surface area (Å²) in [5, 5.41) is 6.20. The van der Waals surface area contributed by atoms with Crippen molar-refractivity contribution < 1.29 is 9.53 Å². The molecule has 1 rings (SSSR count). The second kappa shape index (κ2) is 9.63. The zero-order chi connectivity index (χ0) is 17.3. The van der Waals surface area contributed by atoms with Crippen molar-refractivity contribution in [3.63, 3.8) is 0 Å². The average molecular weight is 326 g/mol. The highest BCUT2D eigenvalue weighted by Crippen LogP contribution is 2.23. The van der Waals surface area contributed by atoms with Crippen LogP contribution in [0, 0.1) is 0 Å². The van der Waals surface area contributed by atoms with Gasteiger partial charge in [0.05, 0.1) is 0 Å². The minimum Gasteiger partial charge on any atom is -0.444 e. The van der Waals surface area contributed by atoms with Gasteiger partial charge >= 0.3 is 6.09 Å². The molecule has 1 aliphatic carbocycles. The molecule has 0 aliphatic heterocycles. The third-order valence-electron chi connectivity index (χ3n) is 4.00. The molecular weight excluding hydrogens is 292 g/mol. The van der Waals surface area contributed by atoms with Gasteiger partial charge in [-0.3, -0.25) is 4.99 Å². The van der Waals surface area contributed by atoms with Crippen LogP contribution >= 0.6 is 0 Å². The third-order valence-corrected chi connectivity index (χ3v) is 4.00. The van der Waals surface area contributed by atoms with E-state index in [9.17, 15) is 4.79 Å². The second-order valence-corrected chi connectivity index (χ2v) is 7.07. The zero-order valence-electron chi connectivity index (χ0n) is 15.4. The predicted molar refractivity (Wildman–Crippen MR) is 94.9 cm³/mol. The van der Waals surface area contributed by atoms with Crippen LogP contribution in [0.2, 0.25) is 0 Å². The highest BCUT2D eigenvalue weighted by Gasteiger charge is 2.28. The lowest BCUT2D eigenvalue weighted by Gasteiger charge is -2.33. The SMILES string of the molecule is CN=C(NC)NCCN(C(=O)OC(C)(C)C)C1CCCCCC1. The van der Waals surface area contributed by atoms with Crippen LogP contribution in [0.15, 0.2) is 4.99 Å². The van der Waals surface area contributed by atoms with Crippen LogP contribution in [0.3, 0.4) is 0 Å². The van der Waals surface area contributed by atoms with Crippen LogP contribution in [0.1, 0.15) is 59.3 Å². The number of rotatable bonds is 4. The Labute approximate surface area is 141 Å². The lowest BCUT2D eigenvalue weighted by atomic mass is 10.1. The number of guanidine groups is 1. The van der Waals surface area contributed by atoms with Crippen molar-refractivity contribution in [3.05, 3.63) is 0 Å². The van der Waals surface area contributed by atoms with Gasteiger partial charge in [-0.05, 0) is 33.6 Å². The smallest absolute Gasteiger partial charge is 0.410 e. The van der Waals surface area contributed by atoms with Gasteiger partial charge in [-0.25, -0.2) is 4.79 Å². The molecule has 0 radical (unpaired) electrons. The van der Waals surface area contributed by atoms with Gasteiger partial charge < -0.3 is 20.3 Å². The van der Waals surface area contributed by atoms with E-state index in [0.29, 0.717) is 13.1 Å². The number of carbonyl (C=O) groups excluding carboxylic acids is 1. The molecule has 0 aromatic carbocycles. The summed E-state index contributed by atoms with van der Waals surface area (Å²) in [7, 11) is 3.56. The lowest BCUT2D eigenvalue weighted by molar-refractivity contribution is 0.0149. The van der Waals surface area contributed by atoms with Gasteiger partial charge in [-0.15, -0.1) is 0 Å². The molecule has 2 N–H and O–H groups in total. The van der Waals surface area contributed by atoms with E-state index in [1.165, 1.54) is 25.7 Å². The monoisotopic (exact) mass is 326 g/mol. The van der Waals surface area contributed by atoms with Crippen molar-refractivity contribution in [3.8, 4) is 0 Å². The molecule has 1 fully saturated rings. The molecule has 1 amide bonds. The lowest BCUT2D eigenvalue weighted by Crippen LogP contribution is -2.47. The molecule has 0 bridgehead atoms. The molecular formula is C17H34N4O2. The normalized spacial score (nSPS) is 17.3. The highest BCUT2D eigenvalue weighted by molar-refractivity contribution is 5.79. The molecule has 1 aliphatic rings. The number of nitrogens with one attached hydrogen (secondary N) is 2. The van der Waals surface area contributed by atoms with E-state index in [0.717, 1.165) is 18.8 Å². The summed E-state index contributed by atoms with van der Waals surface area (Å²) in [6, 6.07) is 0.283. The molecule has 6 heteroatoms. The Kier molecular flexibility index (Phi) is 8.20. The summed E-state index contributed by atoms with van der Waals surface area (Å²) >= 11 is 0. The Morgan fingerprint density at radius 2 is 1.83 bits per heavy atom. The standard InChI is InChI=1S/C17H34N4O2/c1-17(2,3)23-16(22)21(13-12-20-15(18-4)19-5)14-10-8-6-7-9-11-14/h14H,6-13H2,1-5H3,(H2,18,19,20). The van der Waals surface area contributed by atoms with E-state index in [-0.39, 0.29) is 12.1 Å². The highest BCUT2D eigenvalue weighted by atomic mass is 16.6. The molecule has 0 heterocycles. The Morgan fingerprint density at radius 3 is 2.30 bits per heavy atom. The first kappa shape index (κ1) is 19.6. The number of aliphatic imine (C=N–C) groups is 1. The van der Waals surface area contributed by atoms with Crippen LogP contribution < -0.4 is 10.6 Å². The van der Waals surface area contributed by atoms with Crippen LogP contribution in [-0.4, -0.2) is 55.8 Å². The molecule has 0 unspecified atom stereocenters. The van der Waals surface area contributed by atoms with E-state index in [1.54, 1.807) is 7.05 Å². The van der Waals surface area contributed by atoms with E-state index in [4.69, 9.17) is 4.74 Å². The maximum atomic E-state index is 12.6. The van der Waals surface area contributed by atoms with Crippen molar-refractivity contribution in [1.29, 1.82) is 0 Å². The fraction of sp³-hybridized carbons (Fsp3) is 0.882. The van der Waals surface area contributed by atoms with Crippen molar-refractivity contribution >= 4 is 12.1 Å². The Balaban J connectivity index is 2.68. The minimum atomic E-state index is -0.464. The number of hydrogen-bond donors (Lipinski definition) is 2. The average Bonchev–Trinajstić information content (AvgIpc) is 2.74. The molecule has 1 saturated carbocycles. The second-order valence-electron chi connectivity index (χ2n) is 7.07. The summed E-state index contributed by atoms with van der Waals surface area (Å²) in [5.41, 5.74) is -0.464. The molecule has 6 nitrogen and oxygen atoms in total. The largest absolute Gasteiger partial charge is 0.444 e. The number of carbonyl (C=O) groups is 1. The van der Waals surface area contributed by atoms with Crippen molar-refractivity contribution in [1.82, 2.24) is 15.5 Å². The first-order valence-corrected chi connectivity index (χ1v) is 8.75. The third kappa shape index (κ3) is 7.57. The molecule has 134 valence electrons. The van der Waals surface area contributed by atoms with Crippen molar-refractivity contribution in [2.75, 3.05) is 27.2 Å². The van der Waals surface area contributed by atoms with Crippen LogP contribution in [-0.2, 0) is 4.74 Å². The molecule has 0 aromatic heterocycles. The van der Waals surface area contributed by atoms with Gasteiger partial charge in [-0.2, -0.15) is 0 Å². The number of amides is 1. The Hall–Kier alpha value is -1.46. The van der Waals surface area contributed by atoms with E-state index < -0.39 is 5.60 Å². The van der Waals surface area contributed by atoms with Gasteiger partial charge in [0.25, 0.3) is 0 Å². The van der Waals surface area contributed by atoms with Crippen molar-refractivity contribution in [2.24, 2.45) is 4.99 Å². The summed E-state index contributed by atoms with van der Waals surface area (Å²) < 4.78 is 5.62. The molecule has 0 spiro atoms. The van der Waals surface area contributed by atoms with E-state index in [1.807, 2.05) is 32.7 Å². The fourth-order valence-corrected chi connectivity index (χ4v) is 2.89. The molecule has 0 saturated heterocycles. The van der Waals surface area contributed by atoms with Gasteiger partial charge in [0.2, 0.25) is 0 Å². The molecule has 23 heavy (non-hydrogen) atoms. The van der Waals surface area contributed by atoms with Crippen LogP contribution in [0.4, 0.5) is 4.79 Å². The van der Waals surface area contributed by atoms with Gasteiger partial charge in [0.1, 0.15) is 5.60 Å². The number of nitrogens with zero attached hydrogens (tertiary/aromatic N) is 2. The number of ether oxygens (including phenoxy) is 1.